The van der Waals surface area contributed by atoms with E-state index >= 15 is 0 Å². The van der Waals surface area contributed by atoms with Gasteiger partial charge in [-0.25, -0.2) is 14.3 Å². The van der Waals surface area contributed by atoms with Crippen LogP contribution in [-0.2, 0) is 20.8 Å². The number of ether oxygens (including phenoxy) is 2. The number of hydrogen-bond donors (Lipinski definition) is 1. The van der Waals surface area contributed by atoms with E-state index in [4.69, 9.17) is 9.47 Å². The molecule has 0 fully saturated rings. The Hall–Kier alpha value is -5.05. The van der Waals surface area contributed by atoms with Gasteiger partial charge in [-0.3, -0.25) is 9.59 Å². The topological polar surface area (TPSA) is 117 Å². The van der Waals surface area contributed by atoms with Crippen LogP contribution in [0.1, 0.15) is 34.6 Å². The SMILES string of the molecule is CCOC(=O)c1ccc(NC(=O)Cn2nc(-c3ccccc3)c(-c3ccccc3)c(C(=O)OCC)c2=O)cc1. The minimum Gasteiger partial charge on any atom is -0.462 e. The highest BCUT2D eigenvalue weighted by Gasteiger charge is 2.26. The normalized spacial score (nSPS) is 10.5. The number of amides is 1. The number of rotatable bonds is 9. The Kier molecular flexibility index (Phi) is 8.63. The van der Waals surface area contributed by atoms with Crippen molar-refractivity contribution in [1.29, 1.82) is 0 Å². The standard InChI is InChI=1S/C30H27N3O6/c1-3-38-29(36)22-15-17-23(18-16-22)31-24(34)19-33-28(35)26(30(37)39-4-2)25(20-11-7-5-8-12-20)27(32-33)21-13-9-6-10-14-21/h5-18H,3-4,19H2,1-2H3,(H,31,34). The summed E-state index contributed by atoms with van der Waals surface area (Å²) < 4.78 is 11.2. The molecule has 0 aliphatic rings. The fourth-order valence-corrected chi connectivity index (χ4v) is 3.99. The van der Waals surface area contributed by atoms with E-state index in [9.17, 15) is 19.2 Å². The quantitative estimate of drug-likeness (QED) is 0.318. The lowest BCUT2D eigenvalue weighted by Crippen LogP contribution is -2.35. The van der Waals surface area contributed by atoms with Crippen molar-refractivity contribution in [2.75, 3.05) is 18.5 Å². The highest BCUT2D eigenvalue weighted by Crippen LogP contribution is 2.32. The van der Waals surface area contributed by atoms with E-state index in [0.717, 1.165) is 4.68 Å². The summed E-state index contributed by atoms with van der Waals surface area (Å²) in [6.45, 7) is 3.22. The summed E-state index contributed by atoms with van der Waals surface area (Å²) >= 11 is 0. The molecule has 0 spiro atoms. The van der Waals surface area contributed by atoms with E-state index in [1.807, 2.05) is 36.4 Å². The molecule has 4 rings (SSSR count). The van der Waals surface area contributed by atoms with Crippen LogP contribution in [0.25, 0.3) is 22.4 Å². The molecule has 0 bridgehead atoms. The molecule has 0 saturated carbocycles. The average molecular weight is 526 g/mol. The number of aromatic nitrogens is 2. The van der Waals surface area contributed by atoms with Gasteiger partial charge in [0, 0.05) is 16.8 Å². The van der Waals surface area contributed by atoms with Gasteiger partial charge in [0.05, 0.1) is 24.5 Å². The number of carbonyl (C=O) groups excluding carboxylic acids is 3. The van der Waals surface area contributed by atoms with E-state index in [2.05, 4.69) is 10.4 Å². The van der Waals surface area contributed by atoms with Gasteiger partial charge < -0.3 is 14.8 Å². The molecule has 39 heavy (non-hydrogen) atoms. The molecule has 1 amide bonds. The number of anilines is 1. The molecule has 0 aliphatic carbocycles. The summed E-state index contributed by atoms with van der Waals surface area (Å²) in [5.74, 6) is -1.82. The Bertz CT molecular complexity index is 1530. The largest absolute Gasteiger partial charge is 0.462 e. The van der Waals surface area contributed by atoms with Gasteiger partial charge in [0.1, 0.15) is 12.1 Å². The van der Waals surface area contributed by atoms with Crippen LogP contribution >= 0.6 is 0 Å². The Morgan fingerprint density at radius 1 is 0.769 bits per heavy atom. The van der Waals surface area contributed by atoms with Crippen LogP contribution < -0.4 is 10.9 Å². The molecule has 198 valence electrons. The van der Waals surface area contributed by atoms with Crippen LogP contribution in [-0.4, -0.2) is 40.8 Å². The monoisotopic (exact) mass is 525 g/mol. The van der Waals surface area contributed by atoms with Crippen LogP contribution in [0.2, 0.25) is 0 Å². The summed E-state index contributed by atoms with van der Waals surface area (Å²) in [5.41, 5.74) is 1.76. The van der Waals surface area contributed by atoms with Crippen molar-refractivity contribution in [2.45, 2.75) is 20.4 Å². The second kappa shape index (κ2) is 12.5. The predicted molar refractivity (Wildman–Crippen MR) is 146 cm³/mol. The van der Waals surface area contributed by atoms with Crippen molar-refractivity contribution in [1.82, 2.24) is 9.78 Å². The molecular formula is C30H27N3O6. The van der Waals surface area contributed by atoms with Gasteiger partial charge in [-0.1, -0.05) is 60.7 Å². The third kappa shape index (κ3) is 6.27. The number of nitrogens with zero attached hydrogens (tertiary/aromatic N) is 2. The summed E-state index contributed by atoms with van der Waals surface area (Å²) in [5, 5.41) is 7.22. The third-order valence-electron chi connectivity index (χ3n) is 5.72. The number of benzene rings is 3. The Morgan fingerprint density at radius 2 is 1.33 bits per heavy atom. The molecule has 9 heteroatoms. The molecule has 0 unspecified atom stereocenters. The number of hydrogen-bond acceptors (Lipinski definition) is 7. The molecule has 4 aromatic rings. The minimum atomic E-state index is -0.801. The average Bonchev–Trinajstić information content (AvgIpc) is 2.95. The van der Waals surface area contributed by atoms with Gasteiger partial charge in [-0.05, 0) is 43.7 Å². The van der Waals surface area contributed by atoms with Gasteiger partial charge in [-0.2, -0.15) is 5.10 Å². The molecule has 1 aromatic heterocycles. The Labute approximate surface area is 225 Å². The summed E-state index contributed by atoms with van der Waals surface area (Å²) in [4.78, 5) is 51.5. The first-order valence-corrected chi connectivity index (χ1v) is 12.4. The van der Waals surface area contributed by atoms with Crippen LogP contribution in [0.4, 0.5) is 5.69 Å². The highest BCUT2D eigenvalue weighted by atomic mass is 16.5. The third-order valence-corrected chi connectivity index (χ3v) is 5.72. The lowest BCUT2D eigenvalue weighted by molar-refractivity contribution is -0.117. The van der Waals surface area contributed by atoms with Crippen LogP contribution in [0.5, 0.6) is 0 Å². The number of nitrogens with one attached hydrogen (secondary N) is 1. The molecule has 3 aromatic carbocycles. The maximum atomic E-state index is 13.6. The second-order valence-electron chi connectivity index (χ2n) is 8.36. The van der Waals surface area contributed by atoms with Crippen LogP contribution in [0.15, 0.2) is 89.7 Å². The fourth-order valence-electron chi connectivity index (χ4n) is 3.99. The highest BCUT2D eigenvalue weighted by molar-refractivity contribution is 6.01. The molecule has 9 nitrogen and oxygen atoms in total. The Morgan fingerprint density at radius 3 is 1.92 bits per heavy atom. The molecule has 1 N–H and O–H groups in total. The Balaban J connectivity index is 1.75. The molecule has 1 heterocycles. The number of esters is 2. The summed E-state index contributed by atoms with van der Waals surface area (Å²) in [7, 11) is 0. The van der Waals surface area contributed by atoms with E-state index in [1.54, 1.807) is 50.2 Å². The van der Waals surface area contributed by atoms with Gasteiger partial charge >= 0.3 is 11.9 Å². The first-order chi connectivity index (χ1) is 18.9. The molecule has 0 saturated heterocycles. The molecule has 0 radical (unpaired) electrons. The van der Waals surface area contributed by atoms with E-state index < -0.39 is 29.9 Å². The first-order valence-electron chi connectivity index (χ1n) is 12.4. The van der Waals surface area contributed by atoms with Crippen molar-refractivity contribution < 1.29 is 23.9 Å². The van der Waals surface area contributed by atoms with E-state index in [0.29, 0.717) is 33.6 Å². The fraction of sp³-hybridized carbons (Fsp3) is 0.167. The van der Waals surface area contributed by atoms with Crippen molar-refractivity contribution >= 4 is 23.5 Å². The lowest BCUT2D eigenvalue weighted by atomic mass is 9.95. The molecule has 0 aliphatic heterocycles. The maximum Gasteiger partial charge on any atom is 0.344 e. The lowest BCUT2D eigenvalue weighted by Gasteiger charge is -2.17. The zero-order valence-corrected chi connectivity index (χ0v) is 21.5. The molecular weight excluding hydrogens is 498 g/mol. The maximum absolute atomic E-state index is 13.6. The zero-order valence-electron chi connectivity index (χ0n) is 21.5. The molecule has 0 atom stereocenters. The van der Waals surface area contributed by atoms with E-state index in [-0.39, 0.29) is 18.8 Å². The zero-order chi connectivity index (χ0) is 27.8. The first kappa shape index (κ1) is 27.0. The van der Waals surface area contributed by atoms with Crippen molar-refractivity contribution in [3.8, 4) is 22.4 Å². The van der Waals surface area contributed by atoms with Crippen molar-refractivity contribution in [3.05, 3.63) is 106 Å². The van der Waals surface area contributed by atoms with Crippen LogP contribution in [0, 0.1) is 0 Å². The summed E-state index contributed by atoms with van der Waals surface area (Å²) in [6.07, 6.45) is 0. The van der Waals surface area contributed by atoms with Gasteiger partial charge in [-0.15, -0.1) is 0 Å². The number of carbonyl (C=O) groups is 3. The second-order valence-corrected chi connectivity index (χ2v) is 8.36. The van der Waals surface area contributed by atoms with E-state index in [1.165, 1.54) is 12.1 Å². The van der Waals surface area contributed by atoms with Gasteiger partial charge in [0.15, 0.2) is 0 Å². The predicted octanol–water partition coefficient (Wildman–Crippen LogP) is 4.57. The van der Waals surface area contributed by atoms with Gasteiger partial charge in [0.25, 0.3) is 5.56 Å². The summed E-state index contributed by atoms with van der Waals surface area (Å²) in [6, 6.07) is 24.2. The van der Waals surface area contributed by atoms with Crippen molar-refractivity contribution in [2.24, 2.45) is 0 Å². The smallest absolute Gasteiger partial charge is 0.344 e. The van der Waals surface area contributed by atoms with Crippen molar-refractivity contribution in [3.63, 3.8) is 0 Å². The van der Waals surface area contributed by atoms with Gasteiger partial charge in [0.2, 0.25) is 5.91 Å². The van der Waals surface area contributed by atoms with Crippen LogP contribution in [0.3, 0.4) is 0 Å². The minimum absolute atomic E-state index is 0.0672.